The second kappa shape index (κ2) is 9.71. The van der Waals surface area contributed by atoms with Crippen LogP contribution in [0.4, 0.5) is 0 Å². The molecule has 0 amide bonds. The summed E-state index contributed by atoms with van der Waals surface area (Å²) in [4.78, 5) is 22.1. The van der Waals surface area contributed by atoms with Gasteiger partial charge in [0.15, 0.2) is 0 Å². The molecule has 120 valence electrons. The van der Waals surface area contributed by atoms with Gasteiger partial charge in [-0.25, -0.2) is 4.79 Å². The highest BCUT2D eigenvalue weighted by atomic mass is 16.6. The molecule has 0 unspecified atom stereocenters. The Hall–Kier alpha value is -2.17. The summed E-state index contributed by atoms with van der Waals surface area (Å²) in [5, 5.41) is 11.0. The highest BCUT2D eigenvalue weighted by Crippen LogP contribution is 2.30. The molecule has 1 aromatic carbocycles. The quantitative estimate of drug-likeness (QED) is 0.302. The van der Waals surface area contributed by atoms with Gasteiger partial charge in [0.05, 0.1) is 13.0 Å². The number of nitro groups is 1. The van der Waals surface area contributed by atoms with Crippen LogP contribution in [-0.2, 0) is 9.53 Å². The van der Waals surface area contributed by atoms with E-state index in [1.165, 1.54) is 13.2 Å². The van der Waals surface area contributed by atoms with Crippen molar-refractivity contribution in [3.05, 3.63) is 58.2 Å². The molecule has 0 aliphatic carbocycles. The van der Waals surface area contributed by atoms with Crippen molar-refractivity contribution in [3.8, 4) is 0 Å². The minimum absolute atomic E-state index is 0.0631. The summed E-state index contributed by atoms with van der Waals surface area (Å²) < 4.78 is 4.61. The van der Waals surface area contributed by atoms with Crippen molar-refractivity contribution in [2.45, 2.75) is 32.1 Å². The minimum Gasteiger partial charge on any atom is -0.466 e. The summed E-state index contributed by atoms with van der Waals surface area (Å²) in [6.07, 6.45) is 5.88. The van der Waals surface area contributed by atoms with Gasteiger partial charge in [0.25, 0.3) is 0 Å². The van der Waals surface area contributed by atoms with E-state index in [2.05, 4.69) is 11.7 Å². The number of carbonyl (C=O) groups excluding carboxylic acids is 1. The van der Waals surface area contributed by atoms with Crippen LogP contribution >= 0.6 is 0 Å². The molecule has 0 aliphatic rings. The first-order valence-electron chi connectivity index (χ1n) is 7.51. The van der Waals surface area contributed by atoms with Crippen molar-refractivity contribution in [1.29, 1.82) is 0 Å². The Morgan fingerprint density at radius 1 is 1.36 bits per heavy atom. The molecule has 0 aliphatic heterocycles. The summed E-state index contributed by atoms with van der Waals surface area (Å²) in [6, 6.07) is 9.45. The number of nitrogens with zero attached hydrogens (tertiary/aromatic N) is 1. The van der Waals surface area contributed by atoms with Gasteiger partial charge in [-0.3, -0.25) is 10.1 Å². The Morgan fingerprint density at radius 3 is 2.59 bits per heavy atom. The minimum atomic E-state index is -0.436. The van der Waals surface area contributed by atoms with Crippen LogP contribution in [0.2, 0.25) is 0 Å². The van der Waals surface area contributed by atoms with Crippen molar-refractivity contribution in [2.24, 2.45) is 5.92 Å². The number of rotatable bonds is 9. The molecule has 0 N–H and O–H groups in total. The maximum atomic E-state index is 11.3. The number of methoxy groups -OCH3 is 1. The van der Waals surface area contributed by atoms with E-state index in [9.17, 15) is 14.9 Å². The number of unbranched alkanes of at least 4 members (excludes halogenated alkanes) is 1. The van der Waals surface area contributed by atoms with Gasteiger partial charge in [0, 0.05) is 11.0 Å². The first-order chi connectivity index (χ1) is 10.6. The van der Waals surface area contributed by atoms with Gasteiger partial charge in [-0.15, -0.1) is 0 Å². The standard InChI is InChI=1S/C17H23NO4/c1-3-4-8-15(11-12-17(19)22-2)16(13-18(20)21)14-9-6-5-7-10-14/h5-7,9-12,15-16H,3-4,8,13H2,1-2H3/b12-11+/t15-,16+/m1/s1. The molecule has 0 saturated carbocycles. The molecule has 5 heteroatoms. The fourth-order valence-electron chi connectivity index (χ4n) is 2.49. The van der Waals surface area contributed by atoms with Crippen molar-refractivity contribution < 1.29 is 14.5 Å². The highest BCUT2D eigenvalue weighted by molar-refractivity contribution is 5.81. The fraction of sp³-hybridized carbons (Fsp3) is 0.471. The lowest BCUT2D eigenvalue weighted by Gasteiger charge is -2.22. The molecule has 0 fully saturated rings. The van der Waals surface area contributed by atoms with Gasteiger partial charge in [-0.05, 0) is 17.9 Å². The number of ether oxygens (including phenoxy) is 1. The van der Waals surface area contributed by atoms with Crippen LogP contribution in [0.1, 0.15) is 37.7 Å². The molecule has 2 atom stereocenters. The molecular formula is C17H23NO4. The number of esters is 1. The zero-order valence-corrected chi connectivity index (χ0v) is 13.1. The zero-order chi connectivity index (χ0) is 16.4. The second-order valence-electron chi connectivity index (χ2n) is 5.22. The molecule has 5 nitrogen and oxygen atoms in total. The fourth-order valence-corrected chi connectivity index (χ4v) is 2.49. The Labute approximate surface area is 131 Å². The number of allylic oxidation sites excluding steroid dienone is 1. The van der Waals surface area contributed by atoms with Crippen LogP contribution in [0.15, 0.2) is 42.5 Å². The predicted octanol–water partition coefficient (Wildman–Crippen LogP) is 3.58. The lowest BCUT2D eigenvalue weighted by atomic mass is 9.82. The molecule has 22 heavy (non-hydrogen) atoms. The van der Waals surface area contributed by atoms with Crippen LogP contribution < -0.4 is 0 Å². The maximum absolute atomic E-state index is 11.3. The van der Waals surface area contributed by atoms with E-state index >= 15 is 0 Å². The van der Waals surface area contributed by atoms with E-state index < -0.39 is 5.97 Å². The topological polar surface area (TPSA) is 69.4 Å². The summed E-state index contributed by atoms with van der Waals surface area (Å²) >= 11 is 0. The highest BCUT2D eigenvalue weighted by Gasteiger charge is 2.25. The summed E-state index contributed by atoms with van der Waals surface area (Å²) in [7, 11) is 1.32. The van der Waals surface area contributed by atoms with Gasteiger partial charge in [0.1, 0.15) is 0 Å². The van der Waals surface area contributed by atoms with E-state index in [4.69, 9.17) is 0 Å². The average molecular weight is 305 g/mol. The predicted molar refractivity (Wildman–Crippen MR) is 85.2 cm³/mol. The molecule has 0 heterocycles. The second-order valence-corrected chi connectivity index (χ2v) is 5.22. The third kappa shape index (κ3) is 6.08. The van der Waals surface area contributed by atoms with Gasteiger partial charge in [0.2, 0.25) is 6.54 Å². The number of carbonyl (C=O) groups is 1. The van der Waals surface area contributed by atoms with Crippen molar-refractivity contribution in [1.82, 2.24) is 0 Å². The van der Waals surface area contributed by atoms with E-state index in [0.717, 1.165) is 24.8 Å². The van der Waals surface area contributed by atoms with E-state index in [0.29, 0.717) is 0 Å². The Kier molecular flexibility index (Phi) is 7.89. The number of benzene rings is 1. The van der Waals surface area contributed by atoms with Crippen molar-refractivity contribution in [2.75, 3.05) is 13.7 Å². The van der Waals surface area contributed by atoms with E-state index in [-0.39, 0.29) is 23.3 Å². The Balaban J connectivity index is 3.03. The van der Waals surface area contributed by atoms with Gasteiger partial charge < -0.3 is 4.74 Å². The average Bonchev–Trinajstić information content (AvgIpc) is 2.53. The molecular weight excluding hydrogens is 282 g/mol. The first kappa shape index (κ1) is 17.9. The molecule has 0 spiro atoms. The molecule has 0 radical (unpaired) electrons. The normalized spacial score (nSPS) is 13.7. The molecule has 0 saturated heterocycles. The molecule has 0 bridgehead atoms. The van der Waals surface area contributed by atoms with Gasteiger partial charge in [-0.1, -0.05) is 56.2 Å². The lowest BCUT2D eigenvalue weighted by molar-refractivity contribution is -0.484. The first-order valence-corrected chi connectivity index (χ1v) is 7.51. The third-order valence-corrected chi connectivity index (χ3v) is 3.66. The Bertz CT molecular complexity index is 499. The van der Waals surface area contributed by atoms with Gasteiger partial charge in [-0.2, -0.15) is 0 Å². The SMILES string of the molecule is CCCC[C@H](/C=C/C(=O)OC)[C@@H](C[N+](=O)[O-])c1ccccc1. The Morgan fingerprint density at radius 2 is 2.05 bits per heavy atom. The number of hydrogen-bond donors (Lipinski definition) is 0. The van der Waals surface area contributed by atoms with Crippen molar-refractivity contribution in [3.63, 3.8) is 0 Å². The van der Waals surface area contributed by atoms with Crippen LogP contribution in [0.3, 0.4) is 0 Å². The van der Waals surface area contributed by atoms with E-state index in [1.54, 1.807) is 6.08 Å². The molecule has 1 rings (SSSR count). The largest absolute Gasteiger partial charge is 0.466 e. The van der Waals surface area contributed by atoms with Crippen molar-refractivity contribution >= 4 is 5.97 Å². The maximum Gasteiger partial charge on any atom is 0.330 e. The smallest absolute Gasteiger partial charge is 0.330 e. The van der Waals surface area contributed by atoms with Crippen LogP contribution in [0.25, 0.3) is 0 Å². The van der Waals surface area contributed by atoms with Gasteiger partial charge >= 0.3 is 5.97 Å². The molecule has 0 aromatic heterocycles. The van der Waals surface area contributed by atoms with Crippen LogP contribution in [0.5, 0.6) is 0 Å². The summed E-state index contributed by atoms with van der Waals surface area (Å²) in [5.74, 6) is -0.745. The summed E-state index contributed by atoms with van der Waals surface area (Å²) in [6.45, 7) is 1.93. The summed E-state index contributed by atoms with van der Waals surface area (Å²) in [5.41, 5.74) is 0.926. The monoisotopic (exact) mass is 305 g/mol. The third-order valence-electron chi connectivity index (χ3n) is 3.66. The number of hydrogen-bond acceptors (Lipinski definition) is 4. The molecule has 1 aromatic rings. The van der Waals surface area contributed by atoms with E-state index in [1.807, 2.05) is 30.3 Å². The lowest BCUT2D eigenvalue weighted by Crippen LogP contribution is -2.20. The van der Waals surface area contributed by atoms with Crippen LogP contribution in [-0.4, -0.2) is 24.5 Å². The zero-order valence-electron chi connectivity index (χ0n) is 13.1. The van der Waals surface area contributed by atoms with Crippen LogP contribution in [0, 0.1) is 16.0 Å².